The van der Waals surface area contributed by atoms with Gasteiger partial charge in [0.2, 0.25) is 10.0 Å². The molecule has 4 rings (SSSR count). The number of ether oxygens (including phenoxy) is 1. The van der Waals surface area contributed by atoms with Crippen LogP contribution in [-0.2, 0) is 28.0 Å². The van der Waals surface area contributed by atoms with Crippen LogP contribution in [0.4, 0.5) is 0 Å². The summed E-state index contributed by atoms with van der Waals surface area (Å²) in [6.45, 7) is -0.281. The van der Waals surface area contributed by atoms with Gasteiger partial charge in [0.05, 0.1) is 17.7 Å². The molecule has 0 unspecified atom stereocenters. The van der Waals surface area contributed by atoms with Gasteiger partial charge in [-0.3, -0.25) is 4.79 Å². The van der Waals surface area contributed by atoms with E-state index in [0.29, 0.717) is 28.5 Å². The van der Waals surface area contributed by atoms with Gasteiger partial charge in [0.15, 0.2) is 0 Å². The van der Waals surface area contributed by atoms with E-state index in [-0.39, 0.29) is 16.5 Å². The fourth-order valence-electron chi connectivity index (χ4n) is 3.64. The molecule has 4 aromatic carbocycles. The van der Waals surface area contributed by atoms with Crippen LogP contribution in [0.3, 0.4) is 0 Å². The minimum absolute atomic E-state index is 0.0292. The third kappa shape index (κ3) is 8.16. The van der Waals surface area contributed by atoms with Crippen LogP contribution in [0.15, 0.2) is 112 Å². The maximum absolute atomic E-state index is 13.5. The SMILES string of the molecule is O=C(CN(Cc1ccc(Cl)cc1Cl)S(=O)(=O)c1ccc(Br)cc1)N/N=C/c1ccccc1OCc1ccccc1. The van der Waals surface area contributed by atoms with E-state index in [1.54, 1.807) is 36.4 Å². The topological polar surface area (TPSA) is 88.1 Å². The molecular weight excluding hydrogens is 637 g/mol. The Morgan fingerprint density at radius 3 is 2.38 bits per heavy atom. The van der Waals surface area contributed by atoms with E-state index in [1.165, 1.54) is 24.4 Å². The van der Waals surface area contributed by atoms with Crippen LogP contribution in [0.25, 0.3) is 0 Å². The first-order valence-corrected chi connectivity index (χ1v) is 15.0. The van der Waals surface area contributed by atoms with Gasteiger partial charge < -0.3 is 4.74 Å². The van der Waals surface area contributed by atoms with Crippen LogP contribution in [0, 0.1) is 0 Å². The number of carbonyl (C=O) groups is 1. The second kappa shape index (κ2) is 13.9. The normalized spacial score (nSPS) is 11.6. The number of carbonyl (C=O) groups excluding carboxylic acids is 1. The molecule has 0 aliphatic heterocycles. The monoisotopic (exact) mass is 659 g/mol. The van der Waals surface area contributed by atoms with E-state index in [4.69, 9.17) is 27.9 Å². The van der Waals surface area contributed by atoms with Crippen LogP contribution in [0.5, 0.6) is 5.75 Å². The Bertz CT molecular complexity index is 1600. The van der Waals surface area contributed by atoms with Gasteiger partial charge in [-0.05, 0) is 59.7 Å². The number of amides is 1. The van der Waals surface area contributed by atoms with Crippen molar-refractivity contribution in [3.05, 3.63) is 128 Å². The zero-order chi connectivity index (χ0) is 28.5. The molecule has 0 aliphatic carbocycles. The molecule has 0 heterocycles. The summed E-state index contributed by atoms with van der Waals surface area (Å²) >= 11 is 15.6. The molecule has 0 saturated carbocycles. The number of sulfonamides is 1. The molecule has 0 atom stereocenters. The van der Waals surface area contributed by atoms with Crippen molar-refractivity contribution in [2.24, 2.45) is 5.10 Å². The molecule has 0 radical (unpaired) electrons. The predicted molar refractivity (Wildman–Crippen MR) is 161 cm³/mol. The third-order valence-electron chi connectivity index (χ3n) is 5.68. The van der Waals surface area contributed by atoms with Gasteiger partial charge in [0.1, 0.15) is 12.4 Å². The number of rotatable bonds is 11. The van der Waals surface area contributed by atoms with E-state index in [1.807, 2.05) is 42.5 Å². The van der Waals surface area contributed by atoms with Gasteiger partial charge in [-0.15, -0.1) is 0 Å². The number of nitrogens with zero attached hydrogens (tertiary/aromatic N) is 2. The summed E-state index contributed by atoms with van der Waals surface area (Å²) in [5.74, 6) is -0.0501. The molecule has 0 spiro atoms. The third-order valence-corrected chi connectivity index (χ3v) is 8.60. The molecule has 0 aromatic heterocycles. The van der Waals surface area contributed by atoms with E-state index >= 15 is 0 Å². The number of halogens is 3. The minimum atomic E-state index is -4.07. The summed E-state index contributed by atoms with van der Waals surface area (Å²) in [5, 5.41) is 4.74. The van der Waals surface area contributed by atoms with Gasteiger partial charge >= 0.3 is 0 Å². The molecule has 1 amide bonds. The minimum Gasteiger partial charge on any atom is -0.488 e. The van der Waals surface area contributed by atoms with Gasteiger partial charge in [0, 0.05) is 26.6 Å². The van der Waals surface area contributed by atoms with Crippen LogP contribution in [0.2, 0.25) is 10.0 Å². The van der Waals surface area contributed by atoms with Gasteiger partial charge in [0.25, 0.3) is 5.91 Å². The number of hydrogen-bond acceptors (Lipinski definition) is 5. The molecule has 0 aliphatic rings. The highest BCUT2D eigenvalue weighted by molar-refractivity contribution is 9.10. The van der Waals surface area contributed by atoms with Crippen molar-refractivity contribution in [1.29, 1.82) is 0 Å². The molecule has 7 nitrogen and oxygen atoms in total. The maximum Gasteiger partial charge on any atom is 0.255 e. The zero-order valence-electron chi connectivity index (χ0n) is 21.0. The smallest absolute Gasteiger partial charge is 0.255 e. The summed E-state index contributed by atoms with van der Waals surface area (Å²) in [7, 11) is -4.07. The fraction of sp³-hybridized carbons (Fsp3) is 0.103. The van der Waals surface area contributed by atoms with E-state index in [0.717, 1.165) is 14.3 Å². The lowest BCUT2D eigenvalue weighted by Crippen LogP contribution is -2.39. The summed E-state index contributed by atoms with van der Waals surface area (Å²) in [4.78, 5) is 12.9. The van der Waals surface area contributed by atoms with Crippen molar-refractivity contribution in [2.75, 3.05) is 6.54 Å². The van der Waals surface area contributed by atoms with Crippen molar-refractivity contribution >= 4 is 61.3 Å². The lowest BCUT2D eigenvalue weighted by molar-refractivity contribution is -0.121. The van der Waals surface area contributed by atoms with E-state index in [9.17, 15) is 13.2 Å². The van der Waals surface area contributed by atoms with Crippen molar-refractivity contribution in [1.82, 2.24) is 9.73 Å². The number of hydrazone groups is 1. The Balaban J connectivity index is 1.48. The molecule has 40 heavy (non-hydrogen) atoms. The number of nitrogens with one attached hydrogen (secondary N) is 1. The summed E-state index contributed by atoms with van der Waals surface area (Å²) in [6.07, 6.45) is 1.45. The average molecular weight is 661 g/mol. The fourth-order valence-corrected chi connectivity index (χ4v) is 5.75. The first-order chi connectivity index (χ1) is 19.2. The summed E-state index contributed by atoms with van der Waals surface area (Å²) < 4.78 is 34.7. The Labute approximate surface area is 251 Å². The molecule has 0 saturated heterocycles. The zero-order valence-corrected chi connectivity index (χ0v) is 24.9. The first-order valence-electron chi connectivity index (χ1n) is 12.0. The van der Waals surface area contributed by atoms with E-state index < -0.39 is 22.5 Å². The summed E-state index contributed by atoms with van der Waals surface area (Å²) in [5.41, 5.74) is 4.56. The van der Waals surface area contributed by atoms with Crippen molar-refractivity contribution in [2.45, 2.75) is 18.0 Å². The number of para-hydroxylation sites is 1. The molecule has 0 fully saturated rings. The van der Waals surface area contributed by atoms with Crippen LogP contribution in [-0.4, -0.2) is 31.4 Å². The highest BCUT2D eigenvalue weighted by Crippen LogP contribution is 2.26. The lowest BCUT2D eigenvalue weighted by Gasteiger charge is -2.22. The van der Waals surface area contributed by atoms with Crippen LogP contribution >= 0.6 is 39.1 Å². The van der Waals surface area contributed by atoms with Crippen LogP contribution < -0.4 is 10.2 Å². The largest absolute Gasteiger partial charge is 0.488 e. The van der Waals surface area contributed by atoms with Crippen molar-refractivity contribution in [3.8, 4) is 5.75 Å². The molecule has 11 heteroatoms. The van der Waals surface area contributed by atoms with Gasteiger partial charge in [-0.2, -0.15) is 9.41 Å². The molecule has 1 N–H and O–H groups in total. The lowest BCUT2D eigenvalue weighted by atomic mass is 10.2. The molecule has 0 bridgehead atoms. The second-order valence-corrected chi connectivity index (χ2v) is 12.3. The highest BCUT2D eigenvalue weighted by atomic mass is 79.9. The molecule has 4 aromatic rings. The van der Waals surface area contributed by atoms with E-state index in [2.05, 4.69) is 26.5 Å². The predicted octanol–water partition coefficient (Wildman–Crippen LogP) is 6.68. The molecule has 206 valence electrons. The first kappa shape index (κ1) is 29.8. The number of benzene rings is 4. The highest BCUT2D eigenvalue weighted by Gasteiger charge is 2.27. The standard InChI is InChI=1S/C29H24BrCl2N3O4S/c30-24-11-14-26(15-12-24)40(37,38)35(18-23-10-13-25(31)16-27(23)32)19-29(36)34-33-17-22-8-4-5-9-28(22)39-20-21-6-2-1-3-7-21/h1-17H,18-20H2,(H,34,36)/b33-17+. The quantitative estimate of drug-likeness (QED) is 0.144. The van der Waals surface area contributed by atoms with Crippen molar-refractivity contribution in [3.63, 3.8) is 0 Å². The number of hydrogen-bond donors (Lipinski definition) is 1. The van der Waals surface area contributed by atoms with Crippen molar-refractivity contribution < 1.29 is 17.9 Å². The summed E-state index contributed by atoms with van der Waals surface area (Å²) in [6, 6.07) is 27.9. The van der Waals surface area contributed by atoms with Crippen LogP contribution in [0.1, 0.15) is 16.7 Å². The Morgan fingerprint density at radius 2 is 1.65 bits per heavy atom. The van der Waals surface area contributed by atoms with Gasteiger partial charge in [-0.1, -0.05) is 87.7 Å². The second-order valence-electron chi connectivity index (χ2n) is 8.57. The average Bonchev–Trinajstić information content (AvgIpc) is 2.94. The van der Waals surface area contributed by atoms with Gasteiger partial charge in [-0.25, -0.2) is 13.8 Å². The molecular formula is C29H24BrCl2N3O4S. The maximum atomic E-state index is 13.5. The Hall–Kier alpha value is -3.21. The Morgan fingerprint density at radius 1 is 0.950 bits per heavy atom. The Kier molecular flexibility index (Phi) is 10.4.